The lowest BCUT2D eigenvalue weighted by Gasteiger charge is -2.30. The molecule has 0 saturated carbocycles. The number of sulfonamides is 1. The zero-order chi connectivity index (χ0) is 13.7. The van der Waals surface area contributed by atoms with Crippen LogP contribution in [0.5, 0.6) is 0 Å². The molecule has 2 aliphatic rings. The lowest BCUT2D eigenvalue weighted by molar-refractivity contribution is 0.291. The Morgan fingerprint density at radius 3 is 2.63 bits per heavy atom. The van der Waals surface area contributed by atoms with Crippen molar-refractivity contribution in [1.82, 2.24) is 9.62 Å². The van der Waals surface area contributed by atoms with Crippen molar-refractivity contribution in [3.63, 3.8) is 0 Å². The Bertz CT molecular complexity index is 608. The number of rotatable bonds is 2. The lowest BCUT2D eigenvalue weighted by atomic mass is 10.0. The molecule has 0 amide bonds. The van der Waals surface area contributed by atoms with Crippen molar-refractivity contribution in [2.75, 3.05) is 6.54 Å². The summed E-state index contributed by atoms with van der Waals surface area (Å²) < 4.78 is 27.2. The first-order chi connectivity index (χ1) is 8.91. The van der Waals surface area contributed by atoms with Crippen LogP contribution in [0.1, 0.15) is 37.8 Å². The summed E-state index contributed by atoms with van der Waals surface area (Å²) in [4.78, 5) is 0.435. The van der Waals surface area contributed by atoms with E-state index < -0.39 is 10.0 Å². The SMILES string of the molecule is CC1(C)CCCN1S(=O)(=O)c1ccc2c(c1)CNC2. The maximum Gasteiger partial charge on any atom is 0.243 e. The highest BCUT2D eigenvalue weighted by Crippen LogP contribution is 2.34. The zero-order valence-corrected chi connectivity index (χ0v) is 12.3. The molecule has 0 spiro atoms. The predicted molar refractivity (Wildman–Crippen MR) is 74.2 cm³/mol. The van der Waals surface area contributed by atoms with E-state index in [4.69, 9.17) is 0 Å². The first-order valence-electron chi connectivity index (χ1n) is 6.77. The molecule has 104 valence electrons. The maximum atomic E-state index is 12.8. The van der Waals surface area contributed by atoms with Crippen LogP contribution in [0.2, 0.25) is 0 Å². The highest BCUT2D eigenvalue weighted by Gasteiger charge is 2.41. The molecule has 0 radical (unpaired) electrons. The summed E-state index contributed by atoms with van der Waals surface area (Å²) in [6, 6.07) is 5.51. The van der Waals surface area contributed by atoms with E-state index in [1.165, 1.54) is 5.56 Å². The van der Waals surface area contributed by atoms with Gasteiger partial charge in [-0.1, -0.05) is 6.07 Å². The largest absolute Gasteiger partial charge is 0.309 e. The van der Waals surface area contributed by atoms with Gasteiger partial charge >= 0.3 is 0 Å². The lowest BCUT2D eigenvalue weighted by Crippen LogP contribution is -2.42. The minimum atomic E-state index is -3.36. The van der Waals surface area contributed by atoms with Gasteiger partial charge in [0.2, 0.25) is 10.0 Å². The van der Waals surface area contributed by atoms with Crippen LogP contribution in [-0.2, 0) is 23.1 Å². The minimum absolute atomic E-state index is 0.268. The van der Waals surface area contributed by atoms with Gasteiger partial charge in [0.15, 0.2) is 0 Å². The molecule has 5 heteroatoms. The molecule has 4 nitrogen and oxygen atoms in total. The molecule has 0 bridgehead atoms. The van der Waals surface area contributed by atoms with Gasteiger partial charge in [-0.15, -0.1) is 0 Å². The van der Waals surface area contributed by atoms with Crippen molar-refractivity contribution < 1.29 is 8.42 Å². The summed E-state index contributed by atoms with van der Waals surface area (Å²) in [7, 11) is -3.36. The average molecular weight is 280 g/mol. The average Bonchev–Trinajstić information content (AvgIpc) is 2.93. The molecular weight excluding hydrogens is 260 g/mol. The van der Waals surface area contributed by atoms with Gasteiger partial charge in [-0.2, -0.15) is 4.31 Å². The van der Waals surface area contributed by atoms with Crippen LogP contribution in [0.3, 0.4) is 0 Å². The van der Waals surface area contributed by atoms with Crippen molar-refractivity contribution in [1.29, 1.82) is 0 Å². The molecule has 1 saturated heterocycles. The van der Waals surface area contributed by atoms with Crippen molar-refractivity contribution in [3.8, 4) is 0 Å². The first kappa shape index (κ1) is 13.1. The molecule has 1 aromatic rings. The van der Waals surface area contributed by atoms with E-state index in [-0.39, 0.29) is 5.54 Å². The number of benzene rings is 1. The molecular formula is C14H20N2O2S. The van der Waals surface area contributed by atoms with Crippen molar-refractivity contribution in [2.24, 2.45) is 0 Å². The van der Waals surface area contributed by atoms with Gasteiger partial charge in [0.05, 0.1) is 4.90 Å². The predicted octanol–water partition coefficient (Wildman–Crippen LogP) is 1.85. The molecule has 0 aromatic heterocycles. The van der Waals surface area contributed by atoms with Crippen LogP contribution in [0.25, 0.3) is 0 Å². The molecule has 1 N–H and O–H groups in total. The zero-order valence-electron chi connectivity index (χ0n) is 11.4. The van der Waals surface area contributed by atoms with Crippen molar-refractivity contribution >= 4 is 10.0 Å². The molecule has 0 aliphatic carbocycles. The molecule has 19 heavy (non-hydrogen) atoms. The summed E-state index contributed by atoms with van der Waals surface area (Å²) in [5.41, 5.74) is 2.05. The van der Waals surface area contributed by atoms with E-state index in [9.17, 15) is 8.42 Å². The Morgan fingerprint density at radius 2 is 1.95 bits per heavy atom. The summed E-state index contributed by atoms with van der Waals surface area (Å²) in [6.45, 7) is 6.25. The molecule has 2 aliphatic heterocycles. The third-order valence-corrected chi connectivity index (χ3v) is 6.33. The fourth-order valence-electron chi connectivity index (χ4n) is 3.09. The van der Waals surface area contributed by atoms with E-state index in [0.29, 0.717) is 11.4 Å². The Morgan fingerprint density at radius 1 is 1.21 bits per heavy atom. The fraction of sp³-hybridized carbons (Fsp3) is 0.571. The summed E-state index contributed by atoms with van der Waals surface area (Å²) in [5.74, 6) is 0. The van der Waals surface area contributed by atoms with Crippen LogP contribution >= 0.6 is 0 Å². The second-order valence-corrected chi connectivity index (χ2v) is 7.89. The number of hydrogen-bond acceptors (Lipinski definition) is 3. The van der Waals surface area contributed by atoms with E-state index >= 15 is 0 Å². The molecule has 2 heterocycles. The van der Waals surface area contributed by atoms with Gasteiger partial charge < -0.3 is 5.32 Å². The van der Waals surface area contributed by atoms with Crippen molar-refractivity contribution in [2.45, 2.75) is 50.2 Å². The second-order valence-electron chi connectivity index (χ2n) is 6.03. The van der Waals surface area contributed by atoms with Gasteiger partial charge in [0.1, 0.15) is 0 Å². The van der Waals surface area contributed by atoms with Crippen LogP contribution in [0, 0.1) is 0 Å². The maximum absolute atomic E-state index is 12.8. The van der Waals surface area contributed by atoms with E-state index in [1.807, 2.05) is 26.0 Å². The van der Waals surface area contributed by atoms with Gasteiger partial charge in [-0.3, -0.25) is 0 Å². The third kappa shape index (κ3) is 2.10. The molecule has 0 unspecified atom stereocenters. The Kier molecular flexibility index (Phi) is 2.96. The molecule has 1 fully saturated rings. The smallest absolute Gasteiger partial charge is 0.243 e. The van der Waals surface area contributed by atoms with Crippen molar-refractivity contribution in [3.05, 3.63) is 29.3 Å². The number of nitrogens with one attached hydrogen (secondary N) is 1. The van der Waals surface area contributed by atoms with Crippen LogP contribution in [0.4, 0.5) is 0 Å². The standard InChI is InChI=1S/C14H20N2O2S/c1-14(2)6-3-7-16(14)19(17,18)13-5-4-11-9-15-10-12(11)8-13/h4-5,8,15H,3,6-7,9-10H2,1-2H3. The summed E-state index contributed by atoms with van der Waals surface area (Å²) in [6.07, 6.45) is 1.87. The number of nitrogens with zero attached hydrogens (tertiary/aromatic N) is 1. The molecule has 1 aromatic carbocycles. The normalized spacial score (nSPS) is 22.6. The number of fused-ring (bicyclic) bond motifs is 1. The third-order valence-electron chi connectivity index (χ3n) is 4.22. The monoisotopic (exact) mass is 280 g/mol. The Balaban J connectivity index is 2.01. The van der Waals surface area contributed by atoms with E-state index in [1.54, 1.807) is 10.4 Å². The topological polar surface area (TPSA) is 49.4 Å². The van der Waals surface area contributed by atoms with E-state index in [2.05, 4.69) is 5.32 Å². The first-order valence-corrected chi connectivity index (χ1v) is 8.21. The Labute approximate surface area is 114 Å². The van der Waals surface area contributed by atoms with Crippen LogP contribution < -0.4 is 5.32 Å². The summed E-state index contributed by atoms with van der Waals surface area (Å²) >= 11 is 0. The highest BCUT2D eigenvalue weighted by molar-refractivity contribution is 7.89. The minimum Gasteiger partial charge on any atom is -0.309 e. The second kappa shape index (κ2) is 4.30. The quantitative estimate of drug-likeness (QED) is 0.899. The summed E-state index contributed by atoms with van der Waals surface area (Å²) in [5, 5.41) is 3.24. The fourth-order valence-corrected chi connectivity index (χ4v) is 4.98. The van der Waals surface area contributed by atoms with Gasteiger partial charge in [0, 0.05) is 25.2 Å². The van der Waals surface area contributed by atoms with Gasteiger partial charge in [-0.25, -0.2) is 8.42 Å². The van der Waals surface area contributed by atoms with Crippen LogP contribution in [0.15, 0.2) is 23.1 Å². The van der Waals surface area contributed by atoms with Gasteiger partial charge in [0.25, 0.3) is 0 Å². The highest BCUT2D eigenvalue weighted by atomic mass is 32.2. The molecule has 3 rings (SSSR count). The Hall–Kier alpha value is -0.910. The molecule has 0 atom stereocenters. The van der Waals surface area contributed by atoms with Crippen LogP contribution in [-0.4, -0.2) is 24.8 Å². The van der Waals surface area contributed by atoms with E-state index in [0.717, 1.165) is 31.5 Å². The number of hydrogen-bond donors (Lipinski definition) is 1. The van der Waals surface area contributed by atoms with Gasteiger partial charge in [-0.05, 0) is 49.9 Å².